The third-order valence-corrected chi connectivity index (χ3v) is 3.48. The summed E-state index contributed by atoms with van der Waals surface area (Å²) in [6.07, 6.45) is 4.68. The van der Waals surface area contributed by atoms with Crippen LogP contribution in [0.25, 0.3) is 0 Å². The Morgan fingerprint density at radius 3 is 2.76 bits per heavy atom. The van der Waals surface area contributed by atoms with Gasteiger partial charge in [0.2, 0.25) is 0 Å². The number of halogens is 1. The lowest BCUT2D eigenvalue weighted by molar-refractivity contribution is 0.385. The maximum absolute atomic E-state index is 13.9. The van der Waals surface area contributed by atoms with E-state index in [0.29, 0.717) is 0 Å². The number of hydrogen-bond acceptors (Lipinski definition) is 3. The van der Waals surface area contributed by atoms with Crippen molar-refractivity contribution in [1.29, 1.82) is 0 Å². The molecule has 4 nitrogen and oxygen atoms in total. The van der Waals surface area contributed by atoms with Crippen LogP contribution in [0.3, 0.4) is 0 Å². The number of hydrogen-bond donors (Lipinski definition) is 1. The van der Waals surface area contributed by atoms with E-state index in [1.165, 1.54) is 13.2 Å². The van der Waals surface area contributed by atoms with E-state index in [-0.39, 0.29) is 17.6 Å². The fraction of sp³-hybridized carbons (Fsp3) is 0.438. The summed E-state index contributed by atoms with van der Waals surface area (Å²) >= 11 is 0. The van der Waals surface area contributed by atoms with Gasteiger partial charge in [-0.2, -0.15) is 5.10 Å². The van der Waals surface area contributed by atoms with Crippen molar-refractivity contribution in [2.75, 3.05) is 13.7 Å². The number of likely N-dealkylation sites (N-methyl/N-ethyl adjacent to an activating group) is 1. The Morgan fingerprint density at radius 1 is 1.38 bits per heavy atom. The zero-order valence-electron chi connectivity index (χ0n) is 12.8. The van der Waals surface area contributed by atoms with Crippen LogP contribution in [0, 0.1) is 5.82 Å². The quantitative estimate of drug-likeness (QED) is 0.852. The molecule has 1 unspecified atom stereocenters. The van der Waals surface area contributed by atoms with Crippen LogP contribution in [-0.4, -0.2) is 23.4 Å². The summed E-state index contributed by atoms with van der Waals surface area (Å²) in [7, 11) is 1.47. The van der Waals surface area contributed by atoms with Gasteiger partial charge in [0.1, 0.15) is 0 Å². The smallest absolute Gasteiger partial charge is 0.165 e. The minimum Gasteiger partial charge on any atom is -0.494 e. The van der Waals surface area contributed by atoms with Crippen LogP contribution in [0.5, 0.6) is 5.75 Å². The molecule has 0 saturated carbocycles. The molecule has 5 heteroatoms. The summed E-state index contributed by atoms with van der Waals surface area (Å²) in [6.45, 7) is 5.77. The van der Waals surface area contributed by atoms with Crippen molar-refractivity contribution in [2.45, 2.75) is 32.9 Å². The first-order chi connectivity index (χ1) is 10.2. The summed E-state index contributed by atoms with van der Waals surface area (Å²) in [5.41, 5.74) is 2.05. The molecule has 1 N–H and O–H groups in total. The van der Waals surface area contributed by atoms with E-state index in [2.05, 4.69) is 17.3 Å². The van der Waals surface area contributed by atoms with Gasteiger partial charge in [0.15, 0.2) is 11.6 Å². The van der Waals surface area contributed by atoms with Gasteiger partial charge in [-0.1, -0.05) is 13.0 Å². The highest BCUT2D eigenvalue weighted by Crippen LogP contribution is 2.24. The maximum Gasteiger partial charge on any atom is 0.165 e. The topological polar surface area (TPSA) is 39.1 Å². The van der Waals surface area contributed by atoms with Crippen molar-refractivity contribution >= 4 is 0 Å². The first-order valence-electron chi connectivity index (χ1n) is 7.26. The van der Waals surface area contributed by atoms with Crippen LogP contribution in [0.15, 0.2) is 30.6 Å². The number of aromatic nitrogens is 2. The molecule has 0 bridgehead atoms. The van der Waals surface area contributed by atoms with E-state index in [1.54, 1.807) is 6.07 Å². The van der Waals surface area contributed by atoms with Crippen molar-refractivity contribution in [3.63, 3.8) is 0 Å². The number of rotatable bonds is 7. The average molecular weight is 291 g/mol. The van der Waals surface area contributed by atoms with Gasteiger partial charge in [-0.15, -0.1) is 0 Å². The van der Waals surface area contributed by atoms with Crippen LogP contribution >= 0.6 is 0 Å². The summed E-state index contributed by atoms with van der Waals surface area (Å²) in [5.74, 6) is -0.0602. The summed E-state index contributed by atoms with van der Waals surface area (Å²) in [4.78, 5) is 0. The average Bonchev–Trinajstić information content (AvgIpc) is 2.94. The molecule has 1 aromatic carbocycles. The van der Waals surface area contributed by atoms with Crippen molar-refractivity contribution in [3.8, 4) is 5.75 Å². The number of aryl methyl sites for hydroxylation is 1. The summed E-state index contributed by atoms with van der Waals surface area (Å²) < 4.78 is 20.7. The van der Waals surface area contributed by atoms with Crippen molar-refractivity contribution in [2.24, 2.45) is 0 Å². The number of nitrogens with zero attached hydrogens (tertiary/aromatic N) is 2. The lowest BCUT2D eigenvalue weighted by Crippen LogP contribution is -2.23. The van der Waals surface area contributed by atoms with Gasteiger partial charge in [0, 0.05) is 18.8 Å². The first-order valence-corrected chi connectivity index (χ1v) is 7.26. The summed E-state index contributed by atoms with van der Waals surface area (Å²) in [6, 6.07) is 5.17. The van der Waals surface area contributed by atoms with Crippen LogP contribution in [-0.2, 0) is 13.0 Å². The van der Waals surface area contributed by atoms with Gasteiger partial charge in [0.05, 0.1) is 13.3 Å². The van der Waals surface area contributed by atoms with Gasteiger partial charge >= 0.3 is 0 Å². The monoisotopic (exact) mass is 291 g/mol. The predicted molar refractivity (Wildman–Crippen MR) is 81.0 cm³/mol. The fourth-order valence-corrected chi connectivity index (χ4v) is 2.37. The molecule has 1 atom stereocenters. The highest BCUT2D eigenvalue weighted by atomic mass is 19.1. The highest BCUT2D eigenvalue weighted by Gasteiger charge is 2.14. The van der Waals surface area contributed by atoms with Crippen molar-refractivity contribution < 1.29 is 9.13 Å². The number of ether oxygens (including phenoxy) is 1. The molecule has 0 aliphatic rings. The number of nitrogens with one attached hydrogen (secondary N) is 1. The molecule has 2 rings (SSSR count). The normalized spacial score (nSPS) is 12.4. The summed E-state index contributed by atoms with van der Waals surface area (Å²) in [5, 5.41) is 7.68. The third kappa shape index (κ3) is 3.82. The van der Waals surface area contributed by atoms with Gasteiger partial charge in [-0.25, -0.2) is 4.39 Å². The van der Waals surface area contributed by atoms with E-state index < -0.39 is 0 Å². The molecule has 2 aromatic rings. The largest absolute Gasteiger partial charge is 0.494 e. The molecule has 0 aliphatic heterocycles. The molecule has 1 heterocycles. The molecule has 1 aromatic heterocycles. The van der Waals surface area contributed by atoms with Gasteiger partial charge in [-0.05, 0) is 43.1 Å². The zero-order valence-corrected chi connectivity index (χ0v) is 12.8. The third-order valence-electron chi connectivity index (χ3n) is 3.48. The van der Waals surface area contributed by atoms with Crippen LogP contribution in [0.1, 0.15) is 31.0 Å². The maximum atomic E-state index is 13.9. The molecule has 0 radical (unpaired) electrons. The standard InChI is InChI=1S/C16H22FN3O/c1-4-18-15(8-12-10-19-20(5-2)11-12)13-6-7-16(21-3)14(17)9-13/h6-7,9-11,15,18H,4-5,8H2,1-3H3. The van der Waals surface area contributed by atoms with Gasteiger partial charge < -0.3 is 10.1 Å². The molecular formula is C16H22FN3O. The second kappa shape index (κ2) is 7.22. The molecule has 0 spiro atoms. The minimum atomic E-state index is -0.331. The SMILES string of the molecule is CCNC(Cc1cnn(CC)c1)c1ccc(OC)c(F)c1. The van der Waals surface area contributed by atoms with E-state index >= 15 is 0 Å². The van der Waals surface area contributed by atoms with Crippen LogP contribution in [0.2, 0.25) is 0 Å². The number of methoxy groups -OCH3 is 1. The Labute approximate surface area is 124 Å². The van der Waals surface area contributed by atoms with E-state index in [0.717, 1.165) is 30.6 Å². The Bertz CT molecular complexity index is 583. The lowest BCUT2D eigenvalue weighted by Gasteiger charge is -2.18. The zero-order chi connectivity index (χ0) is 15.2. The first kappa shape index (κ1) is 15.5. The molecule has 0 amide bonds. The van der Waals surface area contributed by atoms with Gasteiger partial charge in [-0.3, -0.25) is 4.68 Å². The van der Waals surface area contributed by atoms with Crippen LogP contribution in [0.4, 0.5) is 4.39 Å². The van der Waals surface area contributed by atoms with Crippen molar-refractivity contribution in [3.05, 3.63) is 47.5 Å². The molecule has 0 saturated heterocycles. The van der Waals surface area contributed by atoms with Crippen LogP contribution < -0.4 is 10.1 Å². The fourth-order valence-electron chi connectivity index (χ4n) is 2.37. The molecule has 114 valence electrons. The Kier molecular flexibility index (Phi) is 5.33. The Morgan fingerprint density at radius 2 is 2.19 bits per heavy atom. The lowest BCUT2D eigenvalue weighted by atomic mass is 10.0. The highest BCUT2D eigenvalue weighted by molar-refractivity contribution is 5.31. The molecule has 21 heavy (non-hydrogen) atoms. The Balaban J connectivity index is 2.19. The minimum absolute atomic E-state index is 0.0601. The molecule has 0 fully saturated rings. The van der Waals surface area contributed by atoms with E-state index in [4.69, 9.17) is 4.74 Å². The molecular weight excluding hydrogens is 269 g/mol. The second-order valence-corrected chi connectivity index (χ2v) is 4.91. The van der Waals surface area contributed by atoms with Gasteiger partial charge in [0.25, 0.3) is 0 Å². The Hall–Kier alpha value is -1.88. The number of benzene rings is 1. The molecule has 0 aliphatic carbocycles. The predicted octanol–water partition coefficient (Wildman–Crippen LogP) is 2.94. The second-order valence-electron chi connectivity index (χ2n) is 4.91. The van der Waals surface area contributed by atoms with Crippen molar-refractivity contribution in [1.82, 2.24) is 15.1 Å². The van der Waals surface area contributed by atoms with E-state index in [1.807, 2.05) is 30.1 Å². The van der Waals surface area contributed by atoms with E-state index in [9.17, 15) is 4.39 Å².